The smallest absolute Gasteiger partial charge is 0.170 e. The molecule has 1 unspecified atom stereocenters. The summed E-state index contributed by atoms with van der Waals surface area (Å²) in [6.45, 7) is 1.76. The van der Waals surface area contributed by atoms with Gasteiger partial charge in [0.05, 0.1) is 5.56 Å². The zero-order valence-corrected chi connectivity index (χ0v) is 8.57. The Labute approximate surface area is 88.9 Å². The number of piperidine rings is 1. The second kappa shape index (κ2) is 4.40. The van der Waals surface area contributed by atoms with E-state index in [1.807, 2.05) is 0 Å². The number of anilines is 1. The first-order chi connectivity index (χ1) is 7.29. The van der Waals surface area contributed by atoms with Crippen LogP contribution in [-0.2, 0) is 0 Å². The van der Waals surface area contributed by atoms with Gasteiger partial charge >= 0.3 is 0 Å². The van der Waals surface area contributed by atoms with Crippen molar-refractivity contribution in [1.29, 1.82) is 0 Å². The monoisotopic (exact) mass is 205 g/mol. The van der Waals surface area contributed by atoms with E-state index in [0.717, 1.165) is 25.9 Å². The Hall–Kier alpha value is -1.42. The summed E-state index contributed by atoms with van der Waals surface area (Å²) in [5.74, 6) is 0.179. The Morgan fingerprint density at radius 2 is 2.47 bits per heavy atom. The molecule has 3 N–H and O–H groups in total. The molecule has 2 heterocycles. The van der Waals surface area contributed by atoms with Gasteiger partial charge in [-0.3, -0.25) is 9.78 Å². The summed E-state index contributed by atoms with van der Waals surface area (Å²) < 4.78 is 0. The Balaban J connectivity index is 2.16. The number of carbonyl (C=O) groups excluding carboxylic acids is 1. The van der Waals surface area contributed by atoms with E-state index in [1.165, 1.54) is 0 Å². The van der Waals surface area contributed by atoms with Gasteiger partial charge in [-0.25, -0.2) is 0 Å². The summed E-state index contributed by atoms with van der Waals surface area (Å²) in [5, 5.41) is 3.22. The molecule has 0 spiro atoms. The Morgan fingerprint density at radius 1 is 1.60 bits per heavy atom. The highest BCUT2D eigenvalue weighted by Gasteiger charge is 2.23. The van der Waals surface area contributed by atoms with Crippen LogP contribution in [0.3, 0.4) is 0 Å². The molecule has 1 aromatic heterocycles. The highest BCUT2D eigenvalue weighted by atomic mass is 16.1. The van der Waals surface area contributed by atoms with E-state index >= 15 is 0 Å². The van der Waals surface area contributed by atoms with Crippen molar-refractivity contribution >= 4 is 11.5 Å². The molecule has 0 radical (unpaired) electrons. The van der Waals surface area contributed by atoms with E-state index in [1.54, 1.807) is 18.5 Å². The standard InChI is InChI=1S/C11H15N3O/c12-10-3-5-14-7-9(10)11(15)8-2-1-4-13-6-8/h3,5,7-8,13H,1-2,4,6H2,(H2,12,14). The third kappa shape index (κ3) is 2.15. The molecular weight excluding hydrogens is 190 g/mol. The molecule has 80 valence electrons. The SMILES string of the molecule is Nc1ccncc1C(=O)C1CCCNC1. The molecule has 1 aliphatic rings. The van der Waals surface area contributed by atoms with Crippen molar-refractivity contribution in [2.75, 3.05) is 18.8 Å². The average Bonchev–Trinajstić information content (AvgIpc) is 2.30. The van der Waals surface area contributed by atoms with Crippen LogP contribution in [0.1, 0.15) is 23.2 Å². The van der Waals surface area contributed by atoms with E-state index in [9.17, 15) is 4.79 Å². The molecule has 2 rings (SSSR count). The quantitative estimate of drug-likeness (QED) is 0.702. The summed E-state index contributed by atoms with van der Waals surface area (Å²) in [6, 6.07) is 1.67. The van der Waals surface area contributed by atoms with Crippen LogP contribution in [0.5, 0.6) is 0 Å². The van der Waals surface area contributed by atoms with Crippen LogP contribution in [0.4, 0.5) is 5.69 Å². The second-order valence-electron chi connectivity index (χ2n) is 3.87. The van der Waals surface area contributed by atoms with Crippen molar-refractivity contribution in [3.8, 4) is 0 Å². The lowest BCUT2D eigenvalue weighted by Crippen LogP contribution is -2.34. The number of aromatic nitrogens is 1. The fraction of sp³-hybridized carbons (Fsp3) is 0.455. The van der Waals surface area contributed by atoms with E-state index in [2.05, 4.69) is 10.3 Å². The highest BCUT2D eigenvalue weighted by Crippen LogP contribution is 2.19. The minimum atomic E-state index is 0.0604. The molecular formula is C11H15N3O. The van der Waals surface area contributed by atoms with Crippen molar-refractivity contribution in [1.82, 2.24) is 10.3 Å². The van der Waals surface area contributed by atoms with Gasteiger partial charge in [0.15, 0.2) is 5.78 Å². The topological polar surface area (TPSA) is 68.0 Å². The third-order valence-electron chi connectivity index (χ3n) is 2.79. The fourth-order valence-electron chi connectivity index (χ4n) is 1.91. The molecule has 1 saturated heterocycles. The largest absolute Gasteiger partial charge is 0.398 e. The van der Waals surface area contributed by atoms with E-state index in [0.29, 0.717) is 11.3 Å². The van der Waals surface area contributed by atoms with Crippen molar-refractivity contribution in [3.05, 3.63) is 24.0 Å². The van der Waals surface area contributed by atoms with Gasteiger partial charge in [-0.2, -0.15) is 0 Å². The minimum absolute atomic E-state index is 0.0604. The highest BCUT2D eigenvalue weighted by molar-refractivity contribution is 6.02. The van der Waals surface area contributed by atoms with Crippen LogP contribution in [0.25, 0.3) is 0 Å². The van der Waals surface area contributed by atoms with Gasteiger partial charge in [0.2, 0.25) is 0 Å². The predicted octanol–water partition coefficient (Wildman–Crippen LogP) is 0.846. The lowest BCUT2D eigenvalue weighted by molar-refractivity contribution is 0.0900. The first-order valence-corrected chi connectivity index (χ1v) is 5.23. The minimum Gasteiger partial charge on any atom is -0.398 e. The lowest BCUT2D eigenvalue weighted by Gasteiger charge is -2.21. The van der Waals surface area contributed by atoms with Crippen LogP contribution in [0.2, 0.25) is 0 Å². The van der Waals surface area contributed by atoms with Crippen molar-refractivity contribution in [2.24, 2.45) is 5.92 Å². The zero-order valence-electron chi connectivity index (χ0n) is 8.57. The van der Waals surface area contributed by atoms with Gasteiger partial charge in [-0.05, 0) is 25.5 Å². The second-order valence-corrected chi connectivity index (χ2v) is 3.87. The molecule has 1 fully saturated rings. The van der Waals surface area contributed by atoms with Crippen LogP contribution in [0, 0.1) is 5.92 Å². The molecule has 0 amide bonds. The summed E-state index contributed by atoms with van der Waals surface area (Å²) >= 11 is 0. The van der Waals surface area contributed by atoms with Crippen LogP contribution >= 0.6 is 0 Å². The van der Waals surface area contributed by atoms with Gasteiger partial charge in [0, 0.05) is 30.5 Å². The van der Waals surface area contributed by atoms with Crippen LogP contribution in [0.15, 0.2) is 18.5 Å². The first-order valence-electron chi connectivity index (χ1n) is 5.23. The number of hydrogen-bond donors (Lipinski definition) is 2. The predicted molar refractivity (Wildman–Crippen MR) is 58.6 cm³/mol. The number of nitrogens with one attached hydrogen (secondary N) is 1. The van der Waals surface area contributed by atoms with Crippen molar-refractivity contribution in [2.45, 2.75) is 12.8 Å². The summed E-state index contributed by atoms with van der Waals surface area (Å²) in [6.07, 6.45) is 5.16. The maximum atomic E-state index is 12.1. The molecule has 1 atom stereocenters. The number of Topliss-reactive ketones (excluding diaryl/α,β-unsaturated/α-hetero) is 1. The van der Waals surface area contributed by atoms with Gasteiger partial charge in [0.1, 0.15) is 0 Å². The molecule has 0 saturated carbocycles. The lowest BCUT2D eigenvalue weighted by atomic mass is 9.91. The van der Waals surface area contributed by atoms with E-state index in [4.69, 9.17) is 5.73 Å². The van der Waals surface area contributed by atoms with Crippen molar-refractivity contribution < 1.29 is 4.79 Å². The Morgan fingerprint density at radius 3 is 3.13 bits per heavy atom. The van der Waals surface area contributed by atoms with Gasteiger partial charge < -0.3 is 11.1 Å². The third-order valence-corrected chi connectivity index (χ3v) is 2.79. The molecule has 0 aromatic carbocycles. The number of pyridine rings is 1. The fourth-order valence-corrected chi connectivity index (χ4v) is 1.91. The average molecular weight is 205 g/mol. The molecule has 0 bridgehead atoms. The Bertz CT molecular complexity index is 359. The molecule has 4 nitrogen and oxygen atoms in total. The maximum Gasteiger partial charge on any atom is 0.170 e. The van der Waals surface area contributed by atoms with Crippen LogP contribution in [-0.4, -0.2) is 23.9 Å². The summed E-state index contributed by atoms with van der Waals surface area (Å²) in [5.41, 5.74) is 6.84. The molecule has 0 aliphatic carbocycles. The number of nitrogen functional groups attached to an aromatic ring is 1. The van der Waals surface area contributed by atoms with Gasteiger partial charge in [-0.1, -0.05) is 0 Å². The molecule has 15 heavy (non-hydrogen) atoms. The molecule has 1 aliphatic heterocycles. The summed E-state index contributed by atoms with van der Waals surface area (Å²) in [7, 11) is 0. The number of carbonyl (C=O) groups is 1. The normalized spacial score (nSPS) is 21.2. The van der Waals surface area contributed by atoms with Gasteiger partial charge in [0.25, 0.3) is 0 Å². The molecule has 4 heteroatoms. The first kappa shape index (κ1) is 10.1. The Kier molecular flexibility index (Phi) is 2.97. The van der Waals surface area contributed by atoms with Crippen molar-refractivity contribution in [3.63, 3.8) is 0 Å². The number of nitrogens with two attached hydrogens (primary N) is 1. The van der Waals surface area contributed by atoms with E-state index < -0.39 is 0 Å². The van der Waals surface area contributed by atoms with Gasteiger partial charge in [-0.15, -0.1) is 0 Å². The maximum absolute atomic E-state index is 12.1. The van der Waals surface area contributed by atoms with E-state index in [-0.39, 0.29) is 11.7 Å². The molecule has 1 aromatic rings. The zero-order chi connectivity index (χ0) is 10.7. The number of hydrogen-bond acceptors (Lipinski definition) is 4. The number of ketones is 1. The summed E-state index contributed by atoms with van der Waals surface area (Å²) in [4.78, 5) is 16.0. The van der Waals surface area contributed by atoms with Crippen LogP contribution < -0.4 is 11.1 Å². The number of nitrogens with zero attached hydrogens (tertiary/aromatic N) is 1. The number of rotatable bonds is 2.